The summed E-state index contributed by atoms with van der Waals surface area (Å²) < 4.78 is 12.2. The van der Waals surface area contributed by atoms with Gasteiger partial charge in [-0.05, 0) is 83.0 Å². The number of non-ortho nitro benzene ring substituents is 1. The maximum Gasteiger partial charge on any atom is 0.269 e. The molecule has 9 heteroatoms. The van der Waals surface area contributed by atoms with Crippen LogP contribution in [0.4, 0.5) is 5.69 Å². The van der Waals surface area contributed by atoms with Crippen LogP contribution < -0.4 is 14.9 Å². The Kier molecular flexibility index (Phi) is 8.58. The van der Waals surface area contributed by atoms with Crippen LogP contribution in [0.2, 0.25) is 0 Å². The van der Waals surface area contributed by atoms with E-state index in [-0.39, 0.29) is 24.6 Å². The van der Waals surface area contributed by atoms with Gasteiger partial charge in [0.15, 0.2) is 11.5 Å². The van der Waals surface area contributed by atoms with Crippen molar-refractivity contribution in [2.75, 3.05) is 7.11 Å². The number of rotatable bonds is 9. The summed E-state index contributed by atoms with van der Waals surface area (Å²) in [6.07, 6.45) is 1.80. The summed E-state index contributed by atoms with van der Waals surface area (Å²) in [7, 11) is 1.54. The van der Waals surface area contributed by atoms with E-state index in [2.05, 4.69) is 33.1 Å². The number of aryl methyl sites for hydroxylation is 2. The van der Waals surface area contributed by atoms with Gasteiger partial charge in [-0.3, -0.25) is 14.9 Å². The topological polar surface area (TPSA) is 103 Å². The number of carbonyl (C=O) groups is 1. The average molecular weight is 573 g/mol. The van der Waals surface area contributed by atoms with E-state index in [4.69, 9.17) is 9.47 Å². The minimum atomic E-state index is -0.442. The lowest BCUT2D eigenvalue weighted by Crippen LogP contribution is -2.20. The van der Waals surface area contributed by atoms with E-state index < -0.39 is 4.92 Å². The second kappa shape index (κ2) is 11.6. The highest BCUT2D eigenvalue weighted by molar-refractivity contribution is 14.1. The molecule has 176 valence electrons. The third kappa shape index (κ3) is 6.77. The van der Waals surface area contributed by atoms with Gasteiger partial charge in [0.1, 0.15) is 6.61 Å². The zero-order valence-corrected chi connectivity index (χ0v) is 21.2. The van der Waals surface area contributed by atoms with Crippen LogP contribution in [0.15, 0.2) is 59.7 Å². The smallest absolute Gasteiger partial charge is 0.269 e. The number of nitrogens with one attached hydrogen (secondary N) is 1. The molecular weight excluding hydrogens is 549 g/mol. The number of hydrogen-bond donors (Lipinski definition) is 1. The summed E-state index contributed by atoms with van der Waals surface area (Å²) in [6.45, 7) is 4.23. The van der Waals surface area contributed by atoms with Gasteiger partial charge >= 0.3 is 0 Å². The lowest BCUT2D eigenvalue weighted by atomic mass is 10.0. The third-order valence-corrected chi connectivity index (χ3v) is 5.84. The van der Waals surface area contributed by atoms with Crippen molar-refractivity contribution >= 4 is 40.4 Å². The highest BCUT2D eigenvalue weighted by Gasteiger charge is 2.12. The number of halogens is 1. The molecule has 0 unspecified atom stereocenters. The Balaban J connectivity index is 1.63. The van der Waals surface area contributed by atoms with E-state index in [1.807, 2.05) is 38.1 Å². The first-order chi connectivity index (χ1) is 16.3. The number of hydrogen-bond acceptors (Lipinski definition) is 6. The molecule has 0 bridgehead atoms. The van der Waals surface area contributed by atoms with E-state index in [9.17, 15) is 14.9 Å². The Morgan fingerprint density at radius 1 is 1.15 bits per heavy atom. The number of benzene rings is 3. The Hall–Kier alpha value is -3.47. The number of nitrogens with zero attached hydrogens (tertiary/aromatic N) is 2. The van der Waals surface area contributed by atoms with Crippen LogP contribution in [0.5, 0.6) is 11.5 Å². The lowest BCUT2D eigenvalue weighted by Gasteiger charge is -2.13. The van der Waals surface area contributed by atoms with Crippen molar-refractivity contribution in [3.05, 3.63) is 96.1 Å². The van der Waals surface area contributed by atoms with Gasteiger partial charge in [-0.2, -0.15) is 5.10 Å². The minimum Gasteiger partial charge on any atom is -0.493 e. The van der Waals surface area contributed by atoms with E-state index in [1.54, 1.807) is 24.4 Å². The molecule has 0 saturated carbocycles. The van der Waals surface area contributed by atoms with Crippen LogP contribution in [-0.4, -0.2) is 24.2 Å². The molecule has 0 aromatic heterocycles. The number of nitro groups is 1. The van der Waals surface area contributed by atoms with E-state index in [1.165, 1.54) is 19.2 Å². The number of carbonyl (C=O) groups excluding carboxylic acids is 1. The molecule has 34 heavy (non-hydrogen) atoms. The molecule has 0 aliphatic heterocycles. The molecule has 0 aliphatic rings. The first kappa shape index (κ1) is 25.2. The monoisotopic (exact) mass is 573 g/mol. The highest BCUT2D eigenvalue weighted by atomic mass is 127. The largest absolute Gasteiger partial charge is 0.493 e. The van der Waals surface area contributed by atoms with Crippen molar-refractivity contribution in [1.29, 1.82) is 0 Å². The van der Waals surface area contributed by atoms with Crippen molar-refractivity contribution in [2.24, 2.45) is 5.10 Å². The fourth-order valence-corrected chi connectivity index (χ4v) is 4.04. The molecule has 0 fully saturated rings. The molecular formula is C25H24IN3O5. The summed E-state index contributed by atoms with van der Waals surface area (Å²) >= 11 is 2.13. The first-order valence-corrected chi connectivity index (χ1v) is 11.5. The van der Waals surface area contributed by atoms with Crippen molar-refractivity contribution in [2.45, 2.75) is 26.9 Å². The zero-order chi connectivity index (χ0) is 24.7. The number of nitro benzene ring substituents is 1. The summed E-state index contributed by atoms with van der Waals surface area (Å²) in [6, 6.07) is 15.8. The second-order valence-electron chi connectivity index (χ2n) is 7.65. The summed E-state index contributed by atoms with van der Waals surface area (Å²) in [5, 5.41) is 14.9. The Labute approximate surface area is 211 Å². The van der Waals surface area contributed by atoms with Crippen LogP contribution in [-0.2, 0) is 17.8 Å². The number of ether oxygens (including phenoxy) is 2. The molecule has 0 spiro atoms. The lowest BCUT2D eigenvalue weighted by molar-refractivity contribution is -0.384. The molecule has 8 nitrogen and oxygen atoms in total. The van der Waals surface area contributed by atoms with Crippen molar-refractivity contribution < 1.29 is 19.2 Å². The van der Waals surface area contributed by atoms with Crippen LogP contribution in [0.25, 0.3) is 0 Å². The molecule has 0 saturated heterocycles. The van der Waals surface area contributed by atoms with Gasteiger partial charge in [-0.1, -0.05) is 23.8 Å². The molecule has 0 atom stereocenters. The molecule has 1 N–H and O–H groups in total. The van der Waals surface area contributed by atoms with Crippen LogP contribution >= 0.6 is 22.6 Å². The Morgan fingerprint density at radius 3 is 2.53 bits per heavy atom. The second-order valence-corrected chi connectivity index (χ2v) is 8.81. The van der Waals surface area contributed by atoms with Crippen molar-refractivity contribution in [3.8, 4) is 11.5 Å². The predicted octanol–water partition coefficient (Wildman–Crippen LogP) is 5.10. The molecule has 1 amide bonds. The number of methoxy groups -OCH3 is 1. The molecule has 3 aromatic rings. The average Bonchev–Trinajstić information content (AvgIpc) is 2.80. The van der Waals surface area contributed by atoms with E-state index in [0.717, 1.165) is 31.4 Å². The molecule has 3 aromatic carbocycles. The van der Waals surface area contributed by atoms with Gasteiger partial charge < -0.3 is 9.47 Å². The fraction of sp³-hybridized carbons (Fsp3) is 0.200. The normalized spacial score (nSPS) is 10.8. The highest BCUT2D eigenvalue weighted by Crippen LogP contribution is 2.34. The van der Waals surface area contributed by atoms with Gasteiger partial charge in [0.05, 0.1) is 28.2 Å². The van der Waals surface area contributed by atoms with Crippen LogP contribution in [0.3, 0.4) is 0 Å². The SMILES string of the molecule is COc1cc(/C=N\NC(=O)Cc2ccc(C)cc2C)cc(I)c1OCc1ccc([N+](=O)[O-])cc1. The van der Waals surface area contributed by atoms with Crippen LogP contribution in [0.1, 0.15) is 27.8 Å². The quantitative estimate of drug-likeness (QED) is 0.166. The van der Waals surface area contributed by atoms with Gasteiger partial charge in [-0.15, -0.1) is 0 Å². The number of hydrazone groups is 1. The van der Waals surface area contributed by atoms with Crippen molar-refractivity contribution in [1.82, 2.24) is 5.43 Å². The maximum atomic E-state index is 12.3. The minimum absolute atomic E-state index is 0.0284. The summed E-state index contributed by atoms with van der Waals surface area (Å²) in [4.78, 5) is 22.6. The van der Waals surface area contributed by atoms with Crippen LogP contribution in [0, 0.1) is 27.5 Å². The summed E-state index contributed by atoms with van der Waals surface area (Å²) in [5.41, 5.74) is 7.30. The van der Waals surface area contributed by atoms with E-state index in [0.29, 0.717) is 11.5 Å². The fourth-order valence-electron chi connectivity index (χ4n) is 3.26. The molecule has 0 aliphatic carbocycles. The molecule has 3 rings (SSSR count). The maximum absolute atomic E-state index is 12.3. The third-order valence-electron chi connectivity index (χ3n) is 5.03. The van der Waals surface area contributed by atoms with Gasteiger partial charge in [0, 0.05) is 12.1 Å². The Bertz CT molecular complexity index is 1230. The first-order valence-electron chi connectivity index (χ1n) is 10.4. The molecule has 0 radical (unpaired) electrons. The van der Waals surface area contributed by atoms with Gasteiger partial charge in [-0.25, -0.2) is 5.43 Å². The summed E-state index contributed by atoms with van der Waals surface area (Å²) in [5.74, 6) is 0.863. The molecule has 0 heterocycles. The zero-order valence-electron chi connectivity index (χ0n) is 19.0. The van der Waals surface area contributed by atoms with Gasteiger partial charge in [0.25, 0.3) is 5.69 Å². The van der Waals surface area contributed by atoms with Gasteiger partial charge in [0.2, 0.25) is 5.91 Å². The Morgan fingerprint density at radius 2 is 1.88 bits per heavy atom. The van der Waals surface area contributed by atoms with Crippen molar-refractivity contribution in [3.63, 3.8) is 0 Å². The number of amides is 1. The predicted molar refractivity (Wildman–Crippen MR) is 138 cm³/mol. The van der Waals surface area contributed by atoms with E-state index >= 15 is 0 Å². The standard InChI is InChI=1S/C25H24IN3O5/c1-16-4-7-20(17(2)10-16)13-24(30)28-27-14-19-11-22(26)25(23(12-19)33-3)34-15-18-5-8-21(9-6-18)29(31)32/h4-12,14H,13,15H2,1-3H3,(H,28,30)/b27-14-.